The van der Waals surface area contributed by atoms with Crippen LogP contribution in [0.3, 0.4) is 0 Å². The first-order valence-electron chi connectivity index (χ1n) is 7.34. The number of nitrogens with zero attached hydrogens (tertiary/aromatic N) is 3. The van der Waals surface area contributed by atoms with Gasteiger partial charge in [0, 0.05) is 42.8 Å². The lowest BCUT2D eigenvalue weighted by Gasteiger charge is -2.02. The number of thiophene rings is 1. The first-order valence-corrected chi connectivity index (χ1v) is 8.16. The normalized spacial score (nSPS) is 10.9. The Balaban J connectivity index is 1.75. The average Bonchev–Trinajstić information content (AvgIpc) is 3.22. The van der Waals surface area contributed by atoms with Crippen LogP contribution in [0.25, 0.3) is 17.2 Å². The third-order valence-corrected chi connectivity index (χ3v) is 4.39. The molecule has 0 radical (unpaired) electrons. The molecule has 8 heteroatoms. The van der Waals surface area contributed by atoms with Crippen LogP contribution in [0.4, 0.5) is 5.00 Å². The van der Waals surface area contributed by atoms with Crippen LogP contribution in [-0.2, 0) is 11.8 Å². The maximum atomic E-state index is 12.1. The molecule has 3 aromatic heterocycles. The standard InChI is InChI=1S/C17H15N5O2S/c1-22-10-12(9-20-22)13-6-7-19-8-11(13)2-4-15(23)21-16-5-3-14(25-16)17(18)24/h2-10H,1H3,(H2,18,24)(H,21,23)/b4-2+. The van der Waals surface area contributed by atoms with E-state index in [1.807, 2.05) is 19.3 Å². The Morgan fingerprint density at radius 3 is 2.80 bits per heavy atom. The van der Waals surface area contributed by atoms with E-state index in [9.17, 15) is 9.59 Å². The molecule has 0 aliphatic carbocycles. The minimum absolute atomic E-state index is 0.307. The average molecular weight is 353 g/mol. The number of aryl methyl sites for hydroxylation is 1. The smallest absolute Gasteiger partial charge is 0.258 e. The molecule has 3 aromatic rings. The van der Waals surface area contributed by atoms with Crippen molar-refractivity contribution in [2.75, 3.05) is 5.32 Å². The van der Waals surface area contributed by atoms with Gasteiger partial charge in [0.1, 0.15) is 0 Å². The summed E-state index contributed by atoms with van der Waals surface area (Å²) in [6.45, 7) is 0. The molecule has 126 valence electrons. The number of amides is 2. The highest BCUT2D eigenvalue weighted by molar-refractivity contribution is 7.18. The monoisotopic (exact) mass is 353 g/mol. The van der Waals surface area contributed by atoms with Gasteiger partial charge in [-0.15, -0.1) is 11.3 Å². The van der Waals surface area contributed by atoms with E-state index in [4.69, 9.17) is 5.73 Å². The fraction of sp³-hybridized carbons (Fsp3) is 0.0588. The van der Waals surface area contributed by atoms with Gasteiger partial charge in [-0.3, -0.25) is 19.3 Å². The molecule has 0 spiro atoms. The summed E-state index contributed by atoms with van der Waals surface area (Å²) < 4.78 is 1.71. The third kappa shape index (κ3) is 3.99. The van der Waals surface area contributed by atoms with Crippen LogP contribution in [0, 0.1) is 0 Å². The van der Waals surface area contributed by atoms with Crippen LogP contribution in [0.15, 0.2) is 49.1 Å². The summed E-state index contributed by atoms with van der Waals surface area (Å²) >= 11 is 1.13. The van der Waals surface area contributed by atoms with Crippen LogP contribution in [0.5, 0.6) is 0 Å². The number of aromatic nitrogens is 3. The van der Waals surface area contributed by atoms with Crippen molar-refractivity contribution in [1.29, 1.82) is 0 Å². The summed E-state index contributed by atoms with van der Waals surface area (Å²) in [5.41, 5.74) is 7.87. The fourth-order valence-corrected chi connectivity index (χ4v) is 2.99. The Morgan fingerprint density at radius 2 is 2.12 bits per heavy atom. The van der Waals surface area contributed by atoms with E-state index in [1.54, 1.807) is 41.5 Å². The van der Waals surface area contributed by atoms with E-state index in [0.29, 0.717) is 9.88 Å². The highest BCUT2D eigenvalue weighted by Gasteiger charge is 2.08. The maximum Gasteiger partial charge on any atom is 0.258 e. The molecule has 0 fully saturated rings. The second-order valence-corrected chi connectivity index (χ2v) is 6.30. The molecule has 3 heterocycles. The highest BCUT2D eigenvalue weighted by Crippen LogP contribution is 2.24. The van der Waals surface area contributed by atoms with E-state index in [-0.39, 0.29) is 5.91 Å². The molecule has 0 aromatic carbocycles. The van der Waals surface area contributed by atoms with Crippen molar-refractivity contribution in [2.24, 2.45) is 12.8 Å². The van der Waals surface area contributed by atoms with Crippen LogP contribution >= 0.6 is 11.3 Å². The van der Waals surface area contributed by atoms with Crippen molar-refractivity contribution in [1.82, 2.24) is 14.8 Å². The van der Waals surface area contributed by atoms with Gasteiger partial charge in [0.15, 0.2) is 0 Å². The Labute approximate surface area is 147 Å². The lowest BCUT2D eigenvalue weighted by Crippen LogP contribution is -2.08. The molecule has 0 atom stereocenters. The van der Waals surface area contributed by atoms with Gasteiger partial charge in [-0.2, -0.15) is 5.10 Å². The van der Waals surface area contributed by atoms with Gasteiger partial charge in [0.2, 0.25) is 5.91 Å². The number of anilines is 1. The van der Waals surface area contributed by atoms with Crippen LogP contribution in [0.1, 0.15) is 15.2 Å². The summed E-state index contributed by atoms with van der Waals surface area (Å²) in [6.07, 6.45) is 10.1. The molecule has 3 N–H and O–H groups in total. The molecule has 0 bridgehead atoms. The first-order chi connectivity index (χ1) is 12.0. The minimum Gasteiger partial charge on any atom is -0.365 e. The van der Waals surface area contributed by atoms with Crippen molar-refractivity contribution >= 4 is 34.2 Å². The van der Waals surface area contributed by atoms with Gasteiger partial charge in [0.25, 0.3) is 5.91 Å². The Kier molecular flexibility index (Phi) is 4.71. The summed E-state index contributed by atoms with van der Waals surface area (Å²) in [4.78, 5) is 27.6. The summed E-state index contributed by atoms with van der Waals surface area (Å²) in [5.74, 6) is -0.823. The molecule has 2 amide bonds. The minimum atomic E-state index is -0.516. The number of rotatable bonds is 5. The van der Waals surface area contributed by atoms with Crippen LogP contribution < -0.4 is 11.1 Å². The third-order valence-electron chi connectivity index (χ3n) is 3.38. The van der Waals surface area contributed by atoms with E-state index in [2.05, 4.69) is 15.4 Å². The van der Waals surface area contributed by atoms with Gasteiger partial charge in [-0.1, -0.05) is 0 Å². The summed E-state index contributed by atoms with van der Waals surface area (Å²) in [7, 11) is 1.84. The largest absolute Gasteiger partial charge is 0.365 e. The Morgan fingerprint density at radius 1 is 1.28 bits per heavy atom. The van der Waals surface area contributed by atoms with Crippen LogP contribution in [-0.4, -0.2) is 26.6 Å². The van der Waals surface area contributed by atoms with Gasteiger partial charge < -0.3 is 11.1 Å². The Bertz CT molecular complexity index is 957. The van der Waals surface area contributed by atoms with Crippen molar-refractivity contribution in [2.45, 2.75) is 0 Å². The quantitative estimate of drug-likeness (QED) is 0.687. The van der Waals surface area contributed by atoms with Crippen molar-refractivity contribution < 1.29 is 9.59 Å². The number of primary amides is 1. The number of pyridine rings is 1. The lowest BCUT2D eigenvalue weighted by molar-refractivity contribution is -0.111. The van der Waals surface area contributed by atoms with Gasteiger partial charge in [0.05, 0.1) is 16.1 Å². The molecular weight excluding hydrogens is 338 g/mol. The van der Waals surface area contributed by atoms with Crippen molar-refractivity contribution in [3.63, 3.8) is 0 Å². The number of carbonyl (C=O) groups is 2. The molecule has 3 rings (SSSR count). The molecule has 0 unspecified atom stereocenters. The van der Waals surface area contributed by atoms with Gasteiger partial charge in [-0.05, 0) is 29.8 Å². The molecule has 0 saturated heterocycles. The number of hydrogen-bond donors (Lipinski definition) is 2. The molecule has 0 aliphatic heterocycles. The highest BCUT2D eigenvalue weighted by atomic mass is 32.1. The second kappa shape index (κ2) is 7.10. The number of hydrogen-bond acceptors (Lipinski definition) is 5. The van der Waals surface area contributed by atoms with E-state index < -0.39 is 5.91 Å². The Hall–Kier alpha value is -3.26. The predicted molar refractivity (Wildman–Crippen MR) is 96.9 cm³/mol. The van der Waals surface area contributed by atoms with E-state index in [1.165, 1.54) is 6.08 Å². The van der Waals surface area contributed by atoms with E-state index >= 15 is 0 Å². The molecule has 0 saturated carbocycles. The molecular formula is C17H15N5O2S. The van der Waals surface area contributed by atoms with Crippen LogP contribution in [0.2, 0.25) is 0 Å². The molecule has 25 heavy (non-hydrogen) atoms. The fourth-order valence-electron chi connectivity index (χ4n) is 2.23. The topological polar surface area (TPSA) is 103 Å². The van der Waals surface area contributed by atoms with Gasteiger partial charge >= 0.3 is 0 Å². The second-order valence-electron chi connectivity index (χ2n) is 5.22. The summed E-state index contributed by atoms with van der Waals surface area (Å²) in [5, 5.41) is 7.41. The molecule has 7 nitrogen and oxygen atoms in total. The number of nitrogens with one attached hydrogen (secondary N) is 1. The van der Waals surface area contributed by atoms with Gasteiger partial charge in [-0.25, -0.2) is 0 Å². The number of carbonyl (C=O) groups excluding carboxylic acids is 2. The number of nitrogens with two attached hydrogens (primary N) is 1. The maximum absolute atomic E-state index is 12.1. The zero-order chi connectivity index (χ0) is 17.8. The SMILES string of the molecule is Cn1cc(-c2ccncc2/C=C/C(=O)Nc2ccc(C(N)=O)s2)cn1. The predicted octanol–water partition coefficient (Wildman–Crippen LogP) is 2.29. The van der Waals surface area contributed by atoms with E-state index in [0.717, 1.165) is 28.0 Å². The summed E-state index contributed by atoms with van der Waals surface area (Å²) in [6, 6.07) is 5.09. The zero-order valence-electron chi connectivity index (χ0n) is 13.3. The first kappa shape index (κ1) is 16.6. The lowest BCUT2D eigenvalue weighted by atomic mass is 10.0. The van der Waals surface area contributed by atoms with Crippen molar-refractivity contribution in [3.05, 3.63) is 59.5 Å². The van der Waals surface area contributed by atoms with Crippen molar-refractivity contribution in [3.8, 4) is 11.1 Å². The molecule has 0 aliphatic rings. The zero-order valence-corrected chi connectivity index (χ0v) is 14.2.